The molecule has 2 aromatic carbocycles. The minimum atomic E-state index is -4.39. The van der Waals surface area contributed by atoms with Crippen molar-refractivity contribution in [3.63, 3.8) is 0 Å². The zero-order valence-corrected chi connectivity index (χ0v) is 15.7. The van der Waals surface area contributed by atoms with Gasteiger partial charge in [-0.25, -0.2) is 0 Å². The first-order valence-electron chi connectivity index (χ1n) is 8.68. The number of rotatable bonds is 7. The van der Waals surface area contributed by atoms with Crippen molar-refractivity contribution in [1.82, 2.24) is 5.32 Å². The Bertz CT molecular complexity index is 906. The highest BCUT2D eigenvalue weighted by Gasteiger charge is 2.30. The summed E-state index contributed by atoms with van der Waals surface area (Å²) in [6, 6.07) is 16.6. The van der Waals surface area contributed by atoms with E-state index in [1.807, 2.05) is 35.7 Å². The third-order valence-corrected chi connectivity index (χ3v) is 4.99. The first-order chi connectivity index (χ1) is 13.4. The molecular weight excluding hydrogens is 385 g/mol. The molecule has 28 heavy (non-hydrogen) atoms. The molecule has 0 saturated heterocycles. The SMILES string of the molecule is O=C(Cc1ccc(NCc2cccs2)cc1)NCc1cccc(C(F)(F)F)c1. The van der Waals surface area contributed by atoms with Crippen LogP contribution in [0.15, 0.2) is 66.0 Å². The zero-order chi connectivity index (χ0) is 20.0. The number of amides is 1. The topological polar surface area (TPSA) is 41.1 Å². The first-order valence-corrected chi connectivity index (χ1v) is 9.56. The highest BCUT2D eigenvalue weighted by Crippen LogP contribution is 2.29. The lowest BCUT2D eigenvalue weighted by molar-refractivity contribution is -0.137. The average Bonchev–Trinajstić information content (AvgIpc) is 3.19. The predicted molar refractivity (Wildman–Crippen MR) is 105 cm³/mol. The molecule has 0 radical (unpaired) electrons. The third kappa shape index (κ3) is 5.85. The molecule has 3 nitrogen and oxygen atoms in total. The summed E-state index contributed by atoms with van der Waals surface area (Å²) < 4.78 is 38.2. The van der Waals surface area contributed by atoms with Gasteiger partial charge in [0.2, 0.25) is 5.91 Å². The Kier molecular flexibility index (Phi) is 6.36. The number of benzene rings is 2. The highest BCUT2D eigenvalue weighted by atomic mass is 32.1. The number of halogens is 3. The van der Waals surface area contributed by atoms with E-state index in [9.17, 15) is 18.0 Å². The smallest absolute Gasteiger partial charge is 0.380 e. The second-order valence-corrected chi connectivity index (χ2v) is 7.31. The standard InChI is InChI=1S/C21H19F3N2OS/c22-21(23,24)17-4-1-3-16(11-17)13-26-20(27)12-15-6-8-18(9-7-15)25-14-19-5-2-10-28-19/h1-11,25H,12-14H2,(H,26,27). The van der Waals surface area contributed by atoms with Gasteiger partial charge in [-0.3, -0.25) is 4.79 Å². The van der Waals surface area contributed by atoms with Crippen molar-refractivity contribution in [2.24, 2.45) is 0 Å². The van der Waals surface area contributed by atoms with Crippen molar-refractivity contribution in [2.75, 3.05) is 5.32 Å². The second-order valence-electron chi connectivity index (χ2n) is 6.28. The van der Waals surface area contributed by atoms with Crippen molar-refractivity contribution in [3.8, 4) is 0 Å². The molecule has 3 rings (SSSR count). The molecule has 1 aromatic heterocycles. The van der Waals surface area contributed by atoms with Crippen LogP contribution >= 0.6 is 11.3 Å². The van der Waals surface area contributed by atoms with Gasteiger partial charge in [0.1, 0.15) is 0 Å². The number of carbonyl (C=O) groups is 1. The van der Waals surface area contributed by atoms with Crippen LogP contribution in [0.4, 0.5) is 18.9 Å². The molecule has 7 heteroatoms. The Morgan fingerprint density at radius 1 is 0.929 bits per heavy atom. The number of hydrogen-bond acceptors (Lipinski definition) is 3. The monoisotopic (exact) mass is 404 g/mol. The van der Waals surface area contributed by atoms with Gasteiger partial charge >= 0.3 is 6.18 Å². The van der Waals surface area contributed by atoms with Gasteiger partial charge in [-0.05, 0) is 46.8 Å². The Morgan fingerprint density at radius 2 is 1.71 bits per heavy atom. The van der Waals surface area contributed by atoms with Gasteiger partial charge in [0.05, 0.1) is 12.0 Å². The third-order valence-electron chi connectivity index (χ3n) is 4.11. The van der Waals surface area contributed by atoms with Crippen molar-refractivity contribution >= 4 is 22.9 Å². The number of anilines is 1. The zero-order valence-electron chi connectivity index (χ0n) is 14.9. The molecule has 0 saturated carbocycles. The van der Waals surface area contributed by atoms with Crippen molar-refractivity contribution < 1.29 is 18.0 Å². The molecule has 0 atom stereocenters. The minimum absolute atomic E-state index is 0.0587. The molecule has 0 aliphatic heterocycles. The molecular formula is C21H19F3N2OS. The summed E-state index contributed by atoms with van der Waals surface area (Å²) in [4.78, 5) is 13.3. The fraction of sp³-hybridized carbons (Fsp3) is 0.190. The number of hydrogen-bond donors (Lipinski definition) is 2. The summed E-state index contributed by atoms with van der Waals surface area (Å²) in [5.74, 6) is -0.239. The number of alkyl halides is 3. The molecule has 1 heterocycles. The lowest BCUT2D eigenvalue weighted by Gasteiger charge is -2.10. The Morgan fingerprint density at radius 3 is 2.39 bits per heavy atom. The van der Waals surface area contributed by atoms with Gasteiger partial charge in [0, 0.05) is 23.7 Å². The van der Waals surface area contributed by atoms with Gasteiger partial charge in [0.25, 0.3) is 0 Å². The number of carbonyl (C=O) groups excluding carboxylic acids is 1. The van der Waals surface area contributed by atoms with Crippen molar-refractivity contribution in [2.45, 2.75) is 25.7 Å². The molecule has 1 amide bonds. The summed E-state index contributed by atoms with van der Waals surface area (Å²) in [6.07, 6.45) is -4.22. The van der Waals surface area contributed by atoms with Crippen LogP contribution in [-0.4, -0.2) is 5.91 Å². The summed E-state index contributed by atoms with van der Waals surface area (Å²) in [5.41, 5.74) is 1.49. The van der Waals surface area contributed by atoms with E-state index in [0.717, 1.165) is 29.9 Å². The van der Waals surface area contributed by atoms with E-state index in [1.165, 1.54) is 10.9 Å². The molecule has 0 aliphatic rings. The molecule has 0 aliphatic carbocycles. The van der Waals surface area contributed by atoms with Crippen LogP contribution in [0.1, 0.15) is 21.6 Å². The van der Waals surface area contributed by atoms with Crippen LogP contribution in [0.5, 0.6) is 0 Å². The number of nitrogens with one attached hydrogen (secondary N) is 2. The molecule has 3 aromatic rings. The lowest BCUT2D eigenvalue weighted by Crippen LogP contribution is -2.24. The maximum atomic E-state index is 12.7. The lowest BCUT2D eigenvalue weighted by atomic mass is 10.1. The van der Waals surface area contributed by atoms with E-state index < -0.39 is 11.7 Å². The van der Waals surface area contributed by atoms with Gasteiger partial charge in [-0.1, -0.05) is 30.3 Å². The molecule has 0 bridgehead atoms. The largest absolute Gasteiger partial charge is 0.416 e. The van der Waals surface area contributed by atoms with E-state index in [1.54, 1.807) is 17.4 Å². The summed E-state index contributed by atoms with van der Waals surface area (Å²) in [6.45, 7) is 0.803. The number of thiophene rings is 1. The van der Waals surface area contributed by atoms with Gasteiger partial charge in [-0.2, -0.15) is 13.2 Å². The van der Waals surface area contributed by atoms with Crippen molar-refractivity contribution in [3.05, 3.63) is 87.6 Å². The maximum absolute atomic E-state index is 12.7. The van der Waals surface area contributed by atoms with E-state index >= 15 is 0 Å². The van der Waals surface area contributed by atoms with Crippen LogP contribution in [0.3, 0.4) is 0 Å². The van der Waals surface area contributed by atoms with Crippen LogP contribution in [0.25, 0.3) is 0 Å². The van der Waals surface area contributed by atoms with Crippen molar-refractivity contribution in [1.29, 1.82) is 0 Å². The summed E-state index contributed by atoms with van der Waals surface area (Å²) >= 11 is 1.68. The maximum Gasteiger partial charge on any atom is 0.416 e. The van der Waals surface area contributed by atoms with Gasteiger partial charge in [-0.15, -0.1) is 11.3 Å². The van der Waals surface area contributed by atoms with E-state index in [-0.39, 0.29) is 18.9 Å². The van der Waals surface area contributed by atoms with Crippen LogP contribution in [0, 0.1) is 0 Å². The quantitative estimate of drug-likeness (QED) is 0.566. The predicted octanol–water partition coefficient (Wildman–Crippen LogP) is 5.24. The normalized spacial score (nSPS) is 11.2. The fourth-order valence-corrected chi connectivity index (χ4v) is 3.29. The van der Waals surface area contributed by atoms with Gasteiger partial charge < -0.3 is 10.6 Å². The molecule has 146 valence electrons. The summed E-state index contributed by atoms with van der Waals surface area (Å²) in [5, 5.41) is 8.00. The summed E-state index contributed by atoms with van der Waals surface area (Å²) in [7, 11) is 0. The van der Waals surface area contributed by atoms with Crippen LogP contribution < -0.4 is 10.6 Å². The average molecular weight is 404 g/mol. The minimum Gasteiger partial charge on any atom is -0.380 e. The highest BCUT2D eigenvalue weighted by molar-refractivity contribution is 7.09. The van der Waals surface area contributed by atoms with Crippen LogP contribution in [0.2, 0.25) is 0 Å². The fourth-order valence-electron chi connectivity index (χ4n) is 2.65. The van der Waals surface area contributed by atoms with Gasteiger partial charge in [0.15, 0.2) is 0 Å². The molecule has 0 fully saturated rings. The van der Waals surface area contributed by atoms with E-state index in [2.05, 4.69) is 16.7 Å². The Hall–Kier alpha value is -2.80. The second kappa shape index (κ2) is 8.93. The van der Waals surface area contributed by atoms with E-state index in [0.29, 0.717) is 5.56 Å². The molecule has 2 N–H and O–H groups in total. The Balaban J connectivity index is 1.48. The van der Waals surface area contributed by atoms with E-state index in [4.69, 9.17) is 0 Å². The molecule has 0 unspecified atom stereocenters. The first kappa shape index (κ1) is 19.9. The molecule has 0 spiro atoms. The van der Waals surface area contributed by atoms with Crippen LogP contribution in [-0.2, 0) is 30.5 Å². The Labute approximate surface area is 165 Å².